The number of carbonyl (C=O) groups excluding carboxylic acids is 1. The van der Waals surface area contributed by atoms with Crippen molar-refractivity contribution in [3.05, 3.63) is 42.5 Å². The van der Waals surface area contributed by atoms with Crippen LogP contribution in [0.4, 0.5) is 0 Å². The molecule has 3 fully saturated rings. The molecule has 3 aliphatic rings. The highest BCUT2D eigenvalue weighted by Crippen LogP contribution is 2.33. The number of fused-ring (bicyclic) bond motifs is 5. The molecule has 25 heavy (non-hydrogen) atoms. The van der Waals surface area contributed by atoms with Crippen LogP contribution < -0.4 is 0 Å². The van der Waals surface area contributed by atoms with E-state index >= 15 is 0 Å². The number of hydrogen-bond donors (Lipinski definition) is 0. The Balaban J connectivity index is 1.70. The van der Waals surface area contributed by atoms with Crippen molar-refractivity contribution >= 4 is 26.7 Å². The van der Waals surface area contributed by atoms with E-state index in [0.717, 1.165) is 23.6 Å². The lowest BCUT2D eigenvalue weighted by Gasteiger charge is -2.34. The molecule has 3 heterocycles. The van der Waals surface area contributed by atoms with Crippen LogP contribution >= 0.6 is 0 Å². The summed E-state index contributed by atoms with van der Waals surface area (Å²) in [5, 5.41) is 1.95. The zero-order chi connectivity index (χ0) is 17.6. The first-order chi connectivity index (χ1) is 11.9. The molecule has 2 aromatic carbocycles. The predicted octanol–water partition coefficient (Wildman–Crippen LogP) is 2.47. The number of piperidine rings is 1. The molecule has 0 N–H and O–H groups in total. The molecule has 0 radical (unpaired) electrons. The van der Waals surface area contributed by atoms with Crippen LogP contribution in [-0.2, 0) is 14.8 Å². The molecule has 2 bridgehead atoms. The average Bonchev–Trinajstić information content (AvgIpc) is 2.94. The molecule has 0 saturated carbocycles. The molecule has 5 nitrogen and oxygen atoms in total. The average molecular weight is 358 g/mol. The highest BCUT2D eigenvalue weighted by atomic mass is 32.2. The third kappa shape index (κ3) is 2.93. The summed E-state index contributed by atoms with van der Waals surface area (Å²) >= 11 is 0. The van der Waals surface area contributed by atoms with Gasteiger partial charge in [-0.15, -0.1) is 0 Å². The quantitative estimate of drug-likeness (QED) is 0.829. The van der Waals surface area contributed by atoms with Crippen molar-refractivity contribution in [1.29, 1.82) is 0 Å². The van der Waals surface area contributed by atoms with Crippen LogP contribution in [0, 0.1) is 5.92 Å². The molecule has 0 aliphatic carbocycles. The molecule has 132 valence electrons. The summed E-state index contributed by atoms with van der Waals surface area (Å²) in [7, 11) is -3.56. The second-order valence-electron chi connectivity index (χ2n) is 7.10. The maximum absolute atomic E-state index is 13.3. The third-order valence-electron chi connectivity index (χ3n) is 5.44. The Morgan fingerprint density at radius 2 is 1.76 bits per heavy atom. The van der Waals surface area contributed by atoms with E-state index in [1.54, 1.807) is 28.3 Å². The van der Waals surface area contributed by atoms with Gasteiger partial charge in [0.2, 0.25) is 15.9 Å². The van der Waals surface area contributed by atoms with Crippen LogP contribution in [-0.4, -0.2) is 49.2 Å². The van der Waals surface area contributed by atoms with Crippen molar-refractivity contribution in [1.82, 2.24) is 9.21 Å². The van der Waals surface area contributed by atoms with E-state index in [1.165, 1.54) is 0 Å². The fourth-order valence-electron chi connectivity index (χ4n) is 4.05. The Kier molecular flexibility index (Phi) is 4.04. The van der Waals surface area contributed by atoms with Crippen molar-refractivity contribution in [3.63, 3.8) is 0 Å². The standard InChI is InChI=1S/C19H22N2O3S/c1-14(22)20-11-15-6-8-18(13-20)21(12-15)25(23,24)19-9-7-16-4-2-3-5-17(16)10-19/h2-5,7,9-10,15,18H,6,8,11-13H2,1H3/t15-,18+/m0/s1. The molecule has 0 spiro atoms. The number of amides is 1. The SMILES string of the molecule is CC(=O)N1C[C@@H]2CC[C@H](C1)N(S(=O)(=O)c1ccc3ccccc3c1)C2. The minimum absolute atomic E-state index is 0.0295. The zero-order valence-electron chi connectivity index (χ0n) is 14.3. The molecule has 3 saturated heterocycles. The number of rotatable bonds is 2. The third-order valence-corrected chi connectivity index (χ3v) is 7.35. The van der Waals surface area contributed by atoms with Crippen LogP contribution in [0.5, 0.6) is 0 Å². The first-order valence-electron chi connectivity index (χ1n) is 8.71. The van der Waals surface area contributed by atoms with Crippen LogP contribution in [0.3, 0.4) is 0 Å². The second kappa shape index (κ2) is 6.11. The maximum atomic E-state index is 13.3. The fraction of sp³-hybridized carbons (Fsp3) is 0.421. The van der Waals surface area contributed by atoms with Gasteiger partial charge in [-0.2, -0.15) is 4.31 Å². The summed E-state index contributed by atoms with van der Waals surface area (Å²) in [4.78, 5) is 13.9. The number of hydrogen-bond acceptors (Lipinski definition) is 3. The van der Waals surface area contributed by atoms with Gasteiger partial charge in [0.15, 0.2) is 0 Å². The normalized spacial score (nSPS) is 24.4. The summed E-state index contributed by atoms with van der Waals surface area (Å²) in [5.41, 5.74) is 0. The Hall–Kier alpha value is -1.92. The lowest BCUT2D eigenvalue weighted by molar-refractivity contribution is -0.129. The largest absolute Gasteiger partial charge is 0.341 e. The van der Waals surface area contributed by atoms with Gasteiger partial charge in [0.05, 0.1) is 4.90 Å². The van der Waals surface area contributed by atoms with E-state index in [-0.39, 0.29) is 17.9 Å². The van der Waals surface area contributed by atoms with Gasteiger partial charge in [0.1, 0.15) is 0 Å². The van der Waals surface area contributed by atoms with Crippen LogP contribution in [0.25, 0.3) is 10.8 Å². The maximum Gasteiger partial charge on any atom is 0.243 e. The Morgan fingerprint density at radius 3 is 2.52 bits per heavy atom. The summed E-state index contributed by atoms with van der Waals surface area (Å²) in [5.74, 6) is 0.250. The van der Waals surface area contributed by atoms with Crippen LogP contribution in [0.15, 0.2) is 47.4 Å². The highest BCUT2D eigenvalue weighted by molar-refractivity contribution is 7.89. The van der Waals surface area contributed by atoms with Crippen molar-refractivity contribution in [3.8, 4) is 0 Å². The van der Waals surface area contributed by atoms with Crippen molar-refractivity contribution < 1.29 is 13.2 Å². The predicted molar refractivity (Wildman–Crippen MR) is 96.6 cm³/mol. The van der Waals surface area contributed by atoms with E-state index < -0.39 is 10.0 Å². The number of sulfonamides is 1. The van der Waals surface area contributed by atoms with Crippen molar-refractivity contribution in [2.45, 2.75) is 30.7 Å². The molecule has 3 aliphatic heterocycles. The molecule has 0 aromatic heterocycles. The minimum atomic E-state index is -3.56. The zero-order valence-corrected chi connectivity index (χ0v) is 15.1. The van der Waals surface area contributed by atoms with Gasteiger partial charge in [-0.05, 0) is 41.7 Å². The topological polar surface area (TPSA) is 57.7 Å². The minimum Gasteiger partial charge on any atom is -0.341 e. The molecule has 5 rings (SSSR count). The summed E-state index contributed by atoms with van der Waals surface area (Å²) in [6.07, 6.45) is 1.81. The van der Waals surface area contributed by atoms with Gasteiger partial charge in [-0.25, -0.2) is 8.42 Å². The van der Waals surface area contributed by atoms with Crippen LogP contribution in [0.2, 0.25) is 0 Å². The van der Waals surface area contributed by atoms with E-state index in [2.05, 4.69) is 0 Å². The summed E-state index contributed by atoms with van der Waals surface area (Å²) in [6.45, 7) is 3.23. The van der Waals surface area contributed by atoms with E-state index in [0.29, 0.717) is 24.5 Å². The first kappa shape index (κ1) is 16.5. The number of nitrogens with zero attached hydrogens (tertiary/aromatic N) is 2. The molecule has 0 unspecified atom stereocenters. The fourth-order valence-corrected chi connectivity index (χ4v) is 5.81. The van der Waals surface area contributed by atoms with Gasteiger partial charge >= 0.3 is 0 Å². The van der Waals surface area contributed by atoms with Gasteiger partial charge in [0.25, 0.3) is 0 Å². The Morgan fingerprint density at radius 1 is 1.00 bits per heavy atom. The highest BCUT2D eigenvalue weighted by Gasteiger charge is 2.41. The van der Waals surface area contributed by atoms with Gasteiger partial charge < -0.3 is 4.90 Å². The first-order valence-corrected chi connectivity index (χ1v) is 10.2. The number of carbonyl (C=O) groups is 1. The van der Waals surface area contributed by atoms with Gasteiger partial charge in [-0.1, -0.05) is 30.3 Å². The lowest BCUT2D eigenvalue weighted by Crippen LogP contribution is -2.47. The molecular weight excluding hydrogens is 336 g/mol. The molecule has 2 atom stereocenters. The van der Waals surface area contributed by atoms with Crippen molar-refractivity contribution in [2.75, 3.05) is 19.6 Å². The number of benzene rings is 2. The lowest BCUT2D eigenvalue weighted by atomic mass is 9.97. The second-order valence-corrected chi connectivity index (χ2v) is 9.00. The van der Waals surface area contributed by atoms with E-state index in [1.807, 2.05) is 30.3 Å². The molecule has 2 aromatic rings. The molecule has 1 amide bonds. The smallest absolute Gasteiger partial charge is 0.243 e. The van der Waals surface area contributed by atoms with Crippen molar-refractivity contribution in [2.24, 2.45) is 5.92 Å². The van der Waals surface area contributed by atoms with Crippen LogP contribution in [0.1, 0.15) is 19.8 Å². The molecule has 6 heteroatoms. The van der Waals surface area contributed by atoms with E-state index in [9.17, 15) is 13.2 Å². The molecular formula is C19H22N2O3S. The Labute approximate surface area is 148 Å². The summed E-state index contributed by atoms with van der Waals surface area (Å²) in [6, 6.07) is 13.0. The van der Waals surface area contributed by atoms with E-state index in [4.69, 9.17) is 0 Å². The monoisotopic (exact) mass is 358 g/mol. The summed E-state index contributed by atoms with van der Waals surface area (Å²) < 4.78 is 28.2. The Bertz CT molecular complexity index is 925. The van der Waals surface area contributed by atoms with Gasteiger partial charge in [-0.3, -0.25) is 4.79 Å². The van der Waals surface area contributed by atoms with Gasteiger partial charge in [0, 0.05) is 32.6 Å².